The average Bonchev–Trinajstić information content (AvgIpc) is 2.13. The van der Waals surface area contributed by atoms with Crippen LogP contribution in [0.2, 0.25) is 0 Å². The molecular formula is C7H6F3O5PS. The summed E-state index contributed by atoms with van der Waals surface area (Å²) in [6.45, 7) is 0. The Morgan fingerprint density at radius 3 is 2.12 bits per heavy atom. The van der Waals surface area contributed by atoms with Gasteiger partial charge in [-0.3, -0.25) is 0 Å². The Balaban J connectivity index is 2.59. The highest BCUT2D eigenvalue weighted by molar-refractivity contribution is 7.97. The molecule has 0 amide bonds. The van der Waals surface area contributed by atoms with Crippen molar-refractivity contribution in [2.24, 2.45) is 0 Å². The molecule has 5 nitrogen and oxygen atoms in total. The Labute approximate surface area is 98.0 Å². The maximum atomic E-state index is 11.8. The normalized spacial score (nSPS) is 12.5. The summed E-state index contributed by atoms with van der Waals surface area (Å²) >= 11 is 0.354. The highest BCUT2D eigenvalue weighted by Crippen LogP contribution is 2.43. The summed E-state index contributed by atoms with van der Waals surface area (Å²) in [5, 5.41) is 0. The van der Waals surface area contributed by atoms with Crippen molar-refractivity contribution in [3.05, 3.63) is 24.3 Å². The zero-order valence-electron chi connectivity index (χ0n) is 7.92. The van der Waals surface area contributed by atoms with Crippen LogP contribution < -0.4 is 4.74 Å². The van der Waals surface area contributed by atoms with Crippen LogP contribution in [0.3, 0.4) is 0 Å². The van der Waals surface area contributed by atoms with Crippen molar-refractivity contribution in [3.8, 4) is 5.75 Å². The summed E-state index contributed by atoms with van der Waals surface area (Å²) in [6, 6.07) is 4.33. The molecule has 0 aliphatic carbocycles. The maximum absolute atomic E-state index is 11.8. The van der Waals surface area contributed by atoms with Gasteiger partial charge in [0.05, 0.1) is 0 Å². The number of hydrogen-bond donors (Lipinski definition) is 2. The summed E-state index contributed by atoms with van der Waals surface area (Å²) in [5.41, 5.74) is 0. The van der Waals surface area contributed by atoms with Gasteiger partial charge in [-0.15, -0.1) is 13.2 Å². The molecule has 0 fully saturated rings. The molecule has 0 saturated heterocycles. The monoisotopic (exact) mass is 290 g/mol. The molecule has 0 bridgehead atoms. The highest BCUT2D eigenvalue weighted by atomic mass is 32.2. The van der Waals surface area contributed by atoms with Crippen LogP contribution in [-0.2, 0) is 8.54 Å². The van der Waals surface area contributed by atoms with Crippen LogP contribution in [0.4, 0.5) is 13.2 Å². The first-order chi connectivity index (χ1) is 7.66. The van der Waals surface area contributed by atoms with E-state index < -0.39 is 19.9 Å². The third-order valence-electron chi connectivity index (χ3n) is 1.29. The Morgan fingerprint density at radius 2 is 1.71 bits per heavy atom. The van der Waals surface area contributed by atoms with Gasteiger partial charge in [0.1, 0.15) is 5.75 Å². The van der Waals surface area contributed by atoms with Crippen molar-refractivity contribution in [3.63, 3.8) is 0 Å². The first kappa shape index (κ1) is 14.3. The van der Waals surface area contributed by atoms with Crippen LogP contribution in [-0.4, -0.2) is 16.1 Å². The van der Waals surface area contributed by atoms with E-state index in [-0.39, 0.29) is 4.90 Å². The molecule has 17 heavy (non-hydrogen) atoms. The first-order valence-electron chi connectivity index (χ1n) is 3.93. The lowest BCUT2D eigenvalue weighted by atomic mass is 10.3. The van der Waals surface area contributed by atoms with Crippen molar-refractivity contribution in [2.75, 3.05) is 0 Å². The highest BCUT2D eigenvalue weighted by Gasteiger charge is 2.31. The molecule has 0 unspecified atom stereocenters. The number of ether oxygens (including phenoxy) is 1. The third kappa shape index (κ3) is 6.54. The van der Waals surface area contributed by atoms with Crippen molar-refractivity contribution < 1.29 is 36.2 Å². The lowest BCUT2D eigenvalue weighted by Crippen LogP contribution is -2.16. The molecular weight excluding hydrogens is 284 g/mol. The molecule has 96 valence electrons. The van der Waals surface area contributed by atoms with Crippen LogP contribution in [0.5, 0.6) is 5.75 Å². The van der Waals surface area contributed by atoms with Crippen molar-refractivity contribution >= 4 is 19.9 Å². The Morgan fingerprint density at radius 1 is 1.18 bits per heavy atom. The van der Waals surface area contributed by atoms with E-state index in [4.69, 9.17) is 9.79 Å². The van der Waals surface area contributed by atoms with Crippen molar-refractivity contribution in [2.45, 2.75) is 11.3 Å². The van der Waals surface area contributed by atoms with Gasteiger partial charge in [-0.1, -0.05) is 0 Å². The van der Waals surface area contributed by atoms with E-state index in [1.165, 1.54) is 12.1 Å². The predicted molar refractivity (Wildman–Crippen MR) is 52.1 cm³/mol. The Bertz CT molecular complexity index is 415. The van der Waals surface area contributed by atoms with E-state index in [9.17, 15) is 17.7 Å². The molecule has 0 heterocycles. The summed E-state index contributed by atoms with van der Waals surface area (Å²) in [7, 11) is -4.62. The van der Waals surface area contributed by atoms with Crippen molar-refractivity contribution in [1.82, 2.24) is 0 Å². The molecule has 1 aromatic carbocycles. The summed E-state index contributed by atoms with van der Waals surface area (Å²) < 4.78 is 53.4. The van der Waals surface area contributed by atoms with Gasteiger partial charge in [-0.05, 0) is 24.3 Å². The minimum absolute atomic E-state index is 0.225. The number of hydrogen-bond acceptors (Lipinski definition) is 4. The molecule has 1 aromatic rings. The van der Waals surface area contributed by atoms with Gasteiger partial charge in [-0.2, -0.15) is 0 Å². The van der Waals surface area contributed by atoms with E-state index in [1.54, 1.807) is 0 Å². The van der Waals surface area contributed by atoms with Gasteiger partial charge < -0.3 is 14.5 Å². The van der Waals surface area contributed by atoms with Crippen molar-refractivity contribution in [1.29, 1.82) is 0 Å². The molecule has 0 radical (unpaired) electrons. The quantitative estimate of drug-likeness (QED) is 0.656. The molecule has 0 spiro atoms. The van der Waals surface area contributed by atoms with E-state index in [2.05, 4.69) is 8.71 Å². The summed E-state index contributed by atoms with van der Waals surface area (Å²) in [4.78, 5) is 17.0. The number of benzene rings is 1. The standard InChI is InChI=1S/C7H6F3O5PS/c8-7(9,10)14-5-1-3-6(4-2-5)17-15-16(11,12)13/h1-4H,(H2,11,12,13). The fourth-order valence-electron chi connectivity index (χ4n) is 0.788. The van der Waals surface area contributed by atoms with E-state index >= 15 is 0 Å². The largest absolute Gasteiger partial charge is 0.573 e. The van der Waals surface area contributed by atoms with Gasteiger partial charge >= 0.3 is 14.2 Å². The third-order valence-corrected chi connectivity index (χ3v) is 2.83. The van der Waals surface area contributed by atoms with Crippen LogP contribution in [0.15, 0.2) is 29.2 Å². The number of halogens is 3. The lowest BCUT2D eigenvalue weighted by Gasteiger charge is -2.09. The molecule has 0 aliphatic rings. The molecule has 0 atom stereocenters. The van der Waals surface area contributed by atoms with E-state index in [1.807, 2.05) is 0 Å². The molecule has 2 N–H and O–H groups in total. The molecule has 0 aromatic heterocycles. The smallest absolute Gasteiger partial charge is 0.406 e. The first-order valence-corrected chi connectivity index (χ1v) is 6.20. The zero-order chi connectivity index (χ0) is 13.1. The van der Waals surface area contributed by atoms with Gasteiger partial charge in [0.15, 0.2) is 0 Å². The minimum atomic E-state index is -4.78. The van der Waals surface area contributed by atoms with Crippen LogP contribution >= 0.6 is 19.9 Å². The van der Waals surface area contributed by atoms with Gasteiger partial charge in [0.2, 0.25) is 0 Å². The molecule has 1 rings (SSSR count). The number of phosphoric acid groups is 1. The van der Waals surface area contributed by atoms with Crippen LogP contribution in [0.1, 0.15) is 0 Å². The topological polar surface area (TPSA) is 76.0 Å². The fraction of sp³-hybridized carbons (Fsp3) is 0.143. The minimum Gasteiger partial charge on any atom is -0.406 e. The average molecular weight is 290 g/mol. The van der Waals surface area contributed by atoms with Crippen LogP contribution in [0.25, 0.3) is 0 Å². The summed E-state index contributed by atoms with van der Waals surface area (Å²) in [6.07, 6.45) is -4.78. The number of rotatable bonds is 4. The number of alkyl halides is 3. The Hall–Kier alpha value is -0.730. The molecule has 0 saturated carbocycles. The van der Waals surface area contributed by atoms with Gasteiger partial charge in [-0.25, -0.2) is 8.54 Å². The maximum Gasteiger partial charge on any atom is 0.573 e. The second-order valence-corrected chi connectivity index (χ2v) is 4.88. The zero-order valence-corrected chi connectivity index (χ0v) is 9.63. The SMILES string of the molecule is O=P(O)(O)OSc1ccc(OC(F)(F)F)cc1. The fourth-order valence-corrected chi connectivity index (χ4v) is 1.77. The predicted octanol–water partition coefficient (Wildman–Crippen LogP) is 2.70. The molecule has 10 heteroatoms. The van der Waals surface area contributed by atoms with Gasteiger partial charge in [0.25, 0.3) is 0 Å². The lowest BCUT2D eigenvalue weighted by molar-refractivity contribution is -0.274. The second kappa shape index (κ2) is 5.28. The summed E-state index contributed by atoms with van der Waals surface area (Å²) in [5.74, 6) is -0.432. The van der Waals surface area contributed by atoms with E-state index in [0.717, 1.165) is 12.1 Å². The molecule has 0 aliphatic heterocycles. The Kier molecular flexibility index (Phi) is 4.45. The van der Waals surface area contributed by atoms with Crippen LogP contribution in [0, 0.1) is 0 Å². The van der Waals surface area contributed by atoms with E-state index in [0.29, 0.717) is 12.0 Å². The second-order valence-electron chi connectivity index (χ2n) is 2.67. The van der Waals surface area contributed by atoms with Gasteiger partial charge in [0, 0.05) is 16.9 Å².